The molecule has 0 aliphatic carbocycles. The summed E-state index contributed by atoms with van der Waals surface area (Å²) < 4.78 is 70.3. The molecule has 0 radical (unpaired) electrons. The molecule has 9 heteroatoms. The van der Waals surface area contributed by atoms with Gasteiger partial charge in [-0.05, 0) is 30.3 Å². The van der Waals surface area contributed by atoms with Gasteiger partial charge >= 0.3 is 44.3 Å². The Morgan fingerprint density at radius 3 is 1.96 bits per heavy atom. The first-order chi connectivity index (χ1) is 11.3. The van der Waals surface area contributed by atoms with Gasteiger partial charge < -0.3 is 4.74 Å². The summed E-state index contributed by atoms with van der Waals surface area (Å²) in [5.41, 5.74) is 1.94. The van der Waals surface area contributed by atoms with E-state index in [2.05, 4.69) is 0 Å². The van der Waals surface area contributed by atoms with Crippen LogP contribution in [0.4, 0.5) is 25.2 Å². The summed E-state index contributed by atoms with van der Waals surface area (Å²) in [5.74, 6) is 1.71. The summed E-state index contributed by atoms with van der Waals surface area (Å²) in [4.78, 5) is 0. The van der Waals surface area contributed by atoms with Gasteiger partial charge in [0.05, 0.1) is 18.1 Å². The van der Waals surface area contributed by atoms with Crippen molar-refractivity contribution in [3.63, 3.8) is 0 Å². The van der Waals surface area contributed by atoms with Crippen LogP contribution in [0.3, 0.4) is 0 Å². The Balaban J connectivity index is 0.000000277. The van der Waals surface area contributed by atoms with Crippen molar-refractivity contribution < 1.29 is 34.3 Å². The van der Waals surface area contributed by atoms with Crippen LogP contribution in [0.25, 0.3) is 22.3 Å². The number of halogens is 6. The van der Waals surface area contributed by atoms with Gasteiger partial charge in [-0.3, -0.25) is 0 Å². The quantitative estimate of drug-likeness (QED) is 0.256. The molecule has 0 aliphatic rings. The summed E-state index contributed by atoms with van der Waals surface area (Å²) in [7, 11) is -8.99. The van der Waals surface area contributed by atoms with E-state index in [-0.39, 0.29) is 0 Å². The molecular formula is C16H13F6O2P. The van der Waals surface area contributed by atoms with Gasteiger partial charge in [0.25, 0.3) is 0 Å². The topological polar surface area (TPSA) is 20.5 Å². The first kappa shape index (κ1) is 19.0. The third-order valence-electron chi connectivity index (χ3n) is 2.91. The van der Waals surface area contributed by atoms with Crippen LogP contribution in [0.1, 0.15) is 0 Å². The molecule has 0 spiro atoms. The molecule has 136 valence electrons. The van der Waals surface area contributed by atoms with E-state index in [0.717, 1.165) is 28.0 Å². The van der Waals surface area contributed by atoms with Gasteiger partial charge in [-0.2, -0.15) is 0 Å². The minimum atomic E-state index is -10.7. The second-order valence-corrected chi connectivity index (χ2v) is 6.94. The van der Waals surface area contributed by atoms with Crippen LogP contribution in [-0.2, 0) is 0 Å². The van der Waals surface area contributed by atoms with E-state index in [0.29, 0.717) is 0 Å². The van der Waals surface area contributed by atoms with Crippen molar-refractivity contribution in [3.8, 4) is 17.1 Å². The predicted molar refractivity (Wildman–Crippen MR) is 86.2 cm³/mol. The molecule has 2 nitrogen and oxygen atoms in total. The molecule has 0 saturated carbocycles. The Morgan fingerprint density at radius 1 is 0.800 bits per heavy atom. The number of hydrogen-bond acceptors (Lipinski definition) is 1. The number of methoxy groups -OCH3 is 1. The zero-order valence-electron chi connectivity index (χ0n) is 12.8. The second kappa shape index (κ2) is 5.88. The summed E-state index contributed by atoms with van der Waals surface area (Å²) in [5, 5.41) is 1.04. The summed E-state index contributed by atoms with van der Waals surface area (Å²) in [6.45, 7) is 0. The van der Waals surface area contributed by atoms with E-state index in [1.807, 2.05) is 60.7 Å². The van der Waals surface area contributed by atoms with Crippen molar-refractivity contribution >= 4 is 18.8 Å². The van der Waals surface area contributed by atoms with Gasteiger partial charge in [0.15, 0.2) is 0 Å². The standard InChI is InChI=1S/C16H13O2.F6P/c1-17-14-8-10-16-13(11-14)7-9-15(18-16)12-5-3-2-4-6-12;1-7(2,3,4,5)6/h2-11H,1H3;/q+1;-1. The van der Waals surface area contributed by atoms with E-state index in [1.54, 1.807) is 7.11 Å². The molecule has 0 N–H and O–H groups in total. The zero-order valence-corrected chi connectivity index (χ0v) is 13.7. The van der Waals surface area contributed by atoms with Crippen LogP contribution >= 0.6 is 7.81 Å². The van der Waals surface area contributed by atoms with Crippen molar-refractivity contribution in [3.05, 3.63) is 60.7 Å². The molecule has 0 atom stereocenters. The molecule has 0 aliphatic heterocycles. The molecule has 3 rings (SSSR count). The average molecular weight is 382 g/mol. The molecule has 0 saturated heterocycles. The minimum absolute atomic E-state index is 0.838. The van der Waals surface area contributed by atoms with Crippen molar-refractivity contribution in [2.45, 2.75) is 0 Å². The molecule has 2 aromatic carbocycles. The van der Waals surface area contributed by atoms with Gasteiger partial charge in [0, 0.05) is 12.1 Å². The SMILES string of the molecule is COc1ccc2[o+]c(-c3ccccc3)ccc2c1.F[P-](F)(F)(F)(F)F. The van der Waals surface area contributed by atoms with Gasteiger partial charge in [0.1, 0.15) is 5.75 Å². The van der Waals surface area contributed by atoms with Crippen LogP contribution in [-0.4, -0.2) is 7.11 Å². The fourth-order valence-corrected chi connectivity index (χ4v) is 1.95. The zero-order chi connectivity index (χ0) is 18.8. The molecule has 0 bridgehead atoms. The third kappa shape index (κ3) is 7.39. The van der Waals surface area contributed by atoms with E-state index in [9.17, 15) is 25.2 Å². The fraction of sp³-hybridized carbons (Fsp3) is 0.0625. The maximum absolute atomic E-state index is 10.7. The molecular weight excluding hydrogens is 369 g/mol. The molecule has 3 aromatic rings. The Kier molecular flexibility index (Phi) is 4.46. The van der Waals surface area contributed by atoms with Crippen molar-refractivity contribution in [1.29, 1.82) is 0 Å². The Bertz CT molecular complexity index is 868. The van der Waals surface area contributed by atoms with Crippen LogP contribution in [0.2, 0.25) is 0 Å². The number of hydrogen-bond donors (Lipinski definition) is 0. The normalized spacial score (nSPS) is 14.0. The number of rotatable bonds is 2. The third-order valence-corrected chi connectivity index (χ3v) is 2.91. The van der Waals surface area contributed by atoms with Crippen molar-refractivity contribution in [2.75, 3.05) is 7.11 Å². The van der Waals surface area contributed by atoms with Crippen LogP contribution in [0.5, 0.6) is 5.75 Å². The van der Waals surface area contributed by atoms with Crippen LogP contribution in [0.15, 0.2) is 65.1 Å². The molecule has 1 aromatic heterocycles. The number of benzene rings is 2. The van der Waals surface area contributed by atoms with Gasteiger partial charge in [-0.15, -0.1) is 0 Å². The number of ether oxygens (including phenoxy) is 1. The fourth-order valence-electron chi connectivity index (χ4n) is 1.95. The van der Waals surface area contributed by atoms with E-state index < -0.39 is 7.81 Å². The van der Waals surface area contributed by atoms with Crippen molar-refractivity contribution in [1.82, 2.24) is 0 Å². The van der Waals surface area contributed by atoms with Gasteiger partial charge in [0.2, 0.25) is 0 Å². The monoisotopic (exact) mass is 382 g/mol. The van der Waals surface area contributed by atoms with E-state index in [4.69, 9.17) is 9.15 Å². The first-order valence-corrected chi connectivity index (χ1v) is 8.87. The maximum atomic E-state index is 9.87. The van der Waals surface area contributed by atoms with E-state index in [1.165, 1.54) is 0 Å². The Morgan fingerprint density at radius 2 is 1.40 bits per heavy atom. The molecule has 0 fully saturated rings. The summed E-state index contributed by atoms with van der Waals surface area (Å²) in [6, 6.07) is 19.9. The molecule has 0 amide bonds. The number of fused-ring (bicyclic) bond motifs is 1. The predicted octanol–water partition coefficient (Wildman–Crippen LogP) is 7.77. The second-order valence-electron chi connectivity index (χ2n) is 5.03. The molecule has 25 heavy (non-hydrogen) atoms. The molecule has 0 unspecified atom stereocenters. The average Bonchev–Trinajstić information content (AvgIpc) is 2.52. The summed E-state index contributed by atoms with van der Waals surface area (Å²) >= 11 is 0. The van der Waals surface area contributed by atoms with Crippen LogP contribution in [0, 0.1) is 0 Å². The van der Waals surface area contributed by atoms with Gasteiger partial charge in [-0.25, -0.2) is 4.42 Å². The first-order valence-electron chi connectivity index (χ1n) is 6.84. The molecule has 1 heterocycles. The van der Waals surface area contributed by atoms with Crippen molar-refractivity contribution in [2.24, 2.45) is 0 Å². The Hall–Kier alpha value is -2.34. The van der Waals surface area contributed by atoms with Crippen LogP contribution < -0.4 is 4.74 Å². The van der Waals surface area contributed by atoms with Gasteiger partial charge in [-0.1, -0.05) is 18.2 Å². The summed E-state index contributed by atoms with van der Waals surface area (Å²) in [6.07, 6.45) is 0. The van der Waals surface area contributed by atoms with E-state index >= 15 is 0 Å². The Labute approximate surface area is 138 Å².